The fourth-order valence-electron chi connectivity index (χ4n) is 2.21. The van der Waals surface area contributed by atoms with Crippen molar-refractivity contribution in [2.75, 3.05) is 13.1 Å². The summed E-state index contributed by atoms with van der Waals surface area (Å²) in [4.78, 5) is 0. The first-order chi connectivity index (χ1) is 6.73. The molecule has 0 fully saturated rings. The van der Waals surface area contributed by atoms with Crippen molar-refractivity contribution in [1.29, 1.82) is 0 Å². The summed E-state index contributed by atoms with van der Waals surface area (Å²) in [6, 6.07) is 0. The fraction of sp³-hybridized carbons (Fsp3) is 0.400. The molecule has 3 aliphatic rings. The molecule has 2 aliphatic heterocycles. The number of hydrogen-bond donors (Lipinski definition) is 3. The maximum atomic E-state index is 10.3. The minimum atomic E-state index is -1.35. The first-order valence-corrected chi connectivity index (χ1v) is 4.68. The summed E-state index contributed by atoms with van der Waals surface area (Å²) in [5, 5.41) is 23.1. The molecule has 0 saturated carbocycles. The van der Waals surface area contributed by atoms with Gasteiger partial charge in [0.2, 0.25) is 5.60 Å². The Morgan fingerprint density at radius 1 is 1.43 bits per heavy atom. The van der Waals surface area contributed by atoms with E-state index in [2.05, 4.69) is 5.32 Å². The SMILES string of the molecule is OC1=CC=C2OC3=C(CCNC3)C12O. The van der Waals surface area contributed by atoms with E-state index in [-0.39, 0.29) is 5.76 Å². The number of aliphatic hydroxyl groups excluding tert-OH is 1. The Hall–Kier alpha value is -1.26. The first-order valence-electron chi connectivity index (χ1n) is 4.68. The van der Waals surface area contributed by atoms with Crippen LogP contribution in [0.5, 0.6) is 0 Å². The van der Waals surface area contributed by atoms with E-state index >= 15 is 0 Å². The Morgan fingerprint density at radius 3 is 3.14 bits per heavy atom. The summed E-state index contributed by atoms with van der Waals surface area (Å²) in [5.74, 6) is 1.16. The second-order valence-electron chi connectivity index (χ2n) is 3.72. The Labute approximate surface area is 81.2 Å². The molecule has 0 aromatic carbocycles. The van der Waals surface area contributed by atoms with E-state index in [4.69, 9.17) is 4.74 Å². The maximum absolute atomic E-state index is 10.3. The molecule has 2 heterocycles. The van der Waals surface area contributed by atoms with Crippen LogP contribution in [0.4, 0.5) is 0 Å². The van der Waals surface area contributed by atoms with Gasteiger partial charge in [0.1, 0.15) is 17.3 Å². The van der Waals surface area contributed by atoms with Crippen molar-refractivity contribution < 1.29 is 14.9 Å². The molecule has 74 valence electrons. The van der Waals surface area contributed by atoms with Gasteiger partial charge in [0.25, 0.3) is 0 Å². The highest BCUT2D eigenvalue weighted by atomic mass is 16.5. The zero-order valence-corrected chi connectivity index (χ0v) is 7.58. The lowest BCUT2D eigenvalue weighted by atomic mass is 9.89. The van der Waals surface area contributed by atoms with Gasteiger partial charge < -0.3 is 20.3 Å². The van der Waals surface area contributed by atoms with Crippen molar-refractivity contribution in [1.82, 2.24) is 5.32 Å². The Morgan fingerprint density at radius 2 is 2.29 bits per heavy atom. The van der Waals surface area contributed by atoms with E-state index in [0.29, 0.717) is 18.7 Å². The van der Waals surface area contributed by atoms with Gasteiger partial charge in [-0.1, -0.05) is 0 Å². The monoisotopic (exact) mass is 193 g/mol. The predicted octanol–water partition coefficient (Wildman–Crippen LogP) is 0.334. The molecular formula is C10H11NO3. The van der Waals surface area contributed by atoms with E-state index in [1.54, 1.807) is 6.08 Å². The molecule has 1 unspecified atom stereocenters. The molecule has 4 heteroatoms. The van der Waals surface area contributed by atoms with Crippen molar-refractivity contribution in [2.24, 2.45) is 0 Å². The first kappa shape index (κ1) is 8.08. The average Bonchev–Trinajstić information content (AvgIpc) is 2.63. The highest BCUT2D eigenvalue weighted by Crippen LogP contribution is 2.46. The molecule has 14 heavy (non-hydrogen) atoms. The third-order valence-electron chi connectivity index (χ3n) is 2.96. The quantitative estimate of drug-likeness (QED) is 0.519. The summed E-state index contributed by atoms with van der Waals surface area (Å²) in [7, 11) is 0. The third kappa shape index (κ3) is 0.755. The minimum Gasteiger partial charge on any atom is -0.508 e. The zero-order chi connectivity index (χ0) is 9.76. The van der Waals surface area contributed by atoms with Crippen LogP contribution in [0.15, 0.2) is 35.0 Å². The van der Waals surface area contributed by atoms with Gasteiger partial charge in [0.15, 0.2) is 0 Å². The molecule has 0 spiro atoms. The van der Waals surface area contributed by atoms with Crippen LogP contribution in [0.2, 0.25) is 0 Å². The number of hydrogen-bond acceptors (Lipinski definition) is 4. The summed E-state index contributed by atoms with van der Waals surface area (Å²) >= 11 is 0. The van der Waals surface area contributed by atoms with Crippen molar-refractivity contribution in [3.05, 3.63) is 35.0 Å². The van der Waals surface area contributed by atoms with E-state index < -0.39 is 5.60 Å². The summed E-state index contributed by atoms with van der Waals surface area (Å²) < 4.78 is 5.48. The van der Waals surface area contributed by atoms with Gasteiger partial charge in [-0.05, 0) is 25.1 Å². The van der Waals surface area contributed by atoms with Crippen LogP contribution < -0.4 is 5.32 Å². The highest BCUT2D eigenvalue weighted by molar-refractivity contribution is 5.52. The largest absolute Gasteiger partial charge is 0.508 e. The molecular weight excluding hydrogens is 182 g/mol. The lowest BCUT2D eigenvalue weighted by Crippen LogP contribution is -2.34. The van der Waals surface area contributed by atoms with E-state index in [1.807, 2.05) is 0 Å². The van der Waals surface area contributed by atoms with Gasteiger partial charge in [0.05, 0.1) is 6.54 Å². The minimum absolute atomic E-state index is 0.0283. The zero-order valence-electron chi connectivity index (χ0n) is 7.58. The molecule has 0 aromatic heterocycles. The van der Waals surface area contributed by atoms with Crippen molar-refractivity contribution >= 4 is 0 Å². The topological polar surface area (TPSA) is 61.7 Å². The second kappa shape index (κ2) is 2.40. The van der Waals surface area contributed by atoms with Gasteiger partial charge in [-0.3, -0.25) is 0 Å². The third-order valence-corrected chi connectivity index (χ3v) is 2.96. The number of allylic oxidation sites excluding steroid dienone is 2. The molecule has 3 N–H and O–H groups in total. The Kier molecular flexibility index (Phi) is 1.39. The average molecular weight is 193 g/mol. The normalized spacial score (nSPS) is 34.6. The molecule has 0 saturated heterocycles. The fourth-order valence-corrected chi connectivity index (χ4v) is 2.21. The molecule has 1 atom stereocenters. The second-order valence-corrected chi connectivity index (χ2v) is 3.72. The van der Waals surface area contributed by atoms with Crippen molar-refractivity contribution in [3.8, 4) is 0 Å². The lowest BCUT2D eigenvalue weighted by Gasteiger charge is -2.23. The van der Waals surface area contributed by atoms with Gasteiger partial charge in [-0.15, -0.1) is 0 Å². The Bertz CT molecular complexity index is 394. The van der Waals surface area contributed by atoms with Crippen molar-refractivity contribution in [2.45, 2.75) is 12.0 Å². The van der Waals surface area contributed by atoms with E-state index in [1.165, 1.54) is 6.08 Å². The van der Waals surface area contributed by atoms with Crippen LogP contribution in [-0.4, -0.2) is 28.9 Å². The molecule has 1 aliphatic carbocycles. The smallest absolute Gasteiger partial charge is 0.204 e. The van der Waals surface area contributed by atoms with E-state index in [0.717, 1.165) is 17.9 Å². The Balaban J connectivity index is 2.12. The summed E-state index contributed by atoms with van der Waals surface area (Å²) in [5.41, 5.74) is -0.550. The lowest BCUT2D eigenvalue weighted by molar-refractivity contribution is 0.0822. The molecule has 3 rings (SSSR count). The van der Waals surface area contributed by atoms with Gasteiger partial charge in [-0.25, -0.2) is 0 Å². The van der Waals surface area contributed by atoms with Crippen LogP contribution in [0.3, 0.4) is 0 Å². The van der Waals surface area contributed by atoms with E-state index in [9.17, 15) is 10.2 Å². The van der Waals surface area contributed by atoms with Crippen molar-refractivity contribution in [3.63, 3.8) is 0 Å². The van der Waals surface area contributed by atoms with Crippen LogP contribution in [-0.2, 0) is 4.74 Å². The molecule has 0 radical (unpaired) electrons. The molecule has 0 aromatic rings. The maximum Gasteiger partial charge on any atom is 0.204 e. The number of ether oxygens (including phenoxy) is 1. The summed E-state index contributed by atoms with van der Waals surface area (Å²) in [6.07, 6.45) is 3.82. The molecule has 0 amide bonds. The number of nitrogens with one attached hydrogen (secondary N) is 1. The highest BCUT2D eigenvalue weighted by Gasteiger charge is 2.51. The number of fused-ring (bicyclic) bond motifs is 2. The van der Waals surface area contributed by atoms with Gasteiger partial charge in [-0.2, -0.15) is 0 Å². The standard InChI is InChI=1S/C10H11NO3/c12-8-1-2-9-10(8,13)6-3-4-11-5-7(6)14-9/h1-2,11-13H,3-5H2. The molecule has 0 bridgehead atoms. The number of rotatable bonds is 0. The predicted molar refractivity (Wildman–Crippen MR) is 49.3 cm³/mol. The molecule has 4 nitrogen and oxygen atoms in total. The van der Waals surface area contributed by atoms with Gasteiger partial charge >= 0.3 is 0 Å². The summed E-state index contributed by atoms with van der Waals surface area (Å²) in [6.45, 7) is 1.44. The van der Waals surface area contributed by atoms with Crippen LogP contribution in [0.25, 0.3) is 0 Å². The van der Waals surface area contributed by atoms with Crippen LogP contribution in [0, 0.1) is 0 Å². The van der Waals surface area contributed by atoms with Crippen LogP contribution in [0.1, 0.15) is 6.42 Å². The number of aliphatic hydroxyl groups is 2. The van der Waals surface area contributed by atoms with Gasteiger partial charge in [0, 0.05) is 5.57 Å². The van der Waals surface area contributed by atoms with Crippen LogP contribution >= 0.6 is 0 Å².